The average Bonchev–Trinajstić information content (AvgIpc) is 2.75. The van der Waals surface area contributed by atoms with Crippen molar-refractivity contribution in [2.75, 3.05) is 5.32 Å². The first-order valence-electron chi connectivity index (χ1n) is 9.91. The van der Waals surface area contributed by atoms with Gasteiger partial charge < -0.3 is 5.32 Å². The average molecular weight is 411 g/mol. The molecule has 4 aromatic rings. The highest BCUT2D eigenvalue weighted by Gasteiger charge is 2.17. The van der Waals surface area contributed by atoms with E-state index in [1.54, 1.807) is 42.5 Å². The third-order valence-electron chi connectivity index (χ3n) is 5.05. The van der Waals surface area contributed by atoms with Crippen LogP contribution in [0.4, 0.5) is 5.69 Å². The molecule has 0 spiro atoms. The number of amides is 1. The van der Waals surface area contributed by atoms with Crippen molar-refractivity contribution >= 4 is 28.3 Å². The second kappa shape index (κ2) is 8.36. The van der Waals surface area contributed by atoms with Gasteiger partial charge in [0.15, 0.2) is 5.78 Å². The van der Waals surface area contributed by atoms with Gasteiger partial charge in [-0.1, -0.05) is 30.3 Å². The number of benzene rings is 3. The highest BCUT2D eigenvalue weighted by atomic mass is 16.1. The first kappa shape index (κ1) is 20.2. The summed E-state index contributed by atoms with van der Waals surface area (Å²) in [6.45, 7) is 3.35. The summed E-state index contributed by atoms with van der Waals surface area (Å²) in [6.07, 6.45) is -0.0338. The number of Topliss-reactive ketones (excluding diaryl/α,β-unsaturated/α-hetero) is 1. The molecular formula is C25H21N3O3. The third kappa shape index (κ3) is 4.14. The van der Waals surface area contributed by atoms with Crippen LogP contribution in [0.15, 0.2) is 77.6 Å². The van der Waals surface area contributed by atoms with E-state index in [-0.39, 0.29) is 23.7 Å². The molecule has 0 aliphatic carbocycles. The van der Waals surface area contributed by atoms with Gasteiger partial charge in [0.25, 0.3) is 5.56 Å². The number of hydrogen-bond donors (Lipinski definition) is 1. The normalized spacial score (nSPS) is 10.8. The molecule has 0 saturated heterocycles. The molecule has 4 rings (SSSR count). The minimum absolute atomic E-state index is 0.0338. The van der Waals surface area contributed by atoms with Crippen LogP contribution in [0, 0.1) is 6.92 Å². The molecule has 3 aromatic carbocycles. The maximum atomic E-state index is 13.3. The van der Waals surface area contributed by atoms with Crippen molar-refractivity contribution in [2.24, 2.45) is 0 Å². The van der Waals surface area contributed by atoms with Crippen LogP contribution in [0.3, 0.4) is 0 Å². The monoisotopic (exact) mass is 411 g/mol. The van der Waals surface area contributed by atoms with Crippen LogP contribution < -0.4 is 10.9 Å². The fourth-order valence-corrected chi connectivity index (χ4v) is 3.55. The van der Waals surface area contributed by atoms with Crippen molar-refractivity contribution in [2.45, 2.75) is 20.3 Å². The zero-order valence-electron chi connectivity index (χ0n) is 17.3. The molecule has 0 aliphatic heterocycles. The van der Waals surface area contributed by atoms with Crippen molar-refractivity contribution in [3.63, 3.8) is 0 Å². The van der Waals surface area contributed by atoms with E-state index < -0.39 is 0 Å². The van der Waals surface area contributed by atoms with E-state index in [0.29, 0.717) is 33.7 Å². The second-order valence-electron chi connectivity index (χ2n) is 7.33. The lowest BCUT2D eigenvalue weighted by Crippen LogP contribution is -2.26. The standard InChI is InChI=1S/C25H21N3O3/c1-16-7-3-6-10-22(16)28-24(27-21-9-5-4-8-20(21)25(28)31)15-23(30)18-11-13-19(14-12-18)26-17(2)29/h3-14H,15H2,1-2H3,(H,26,29). The molecule has 31 heavy (non-hydrogen) atoms. The first-order chi connectivity index (χ1) is 14.9. The van der Waals surface area contributed by atoms with E-state index in [4.69, 9.17) is 0 Å². The van der Waals surface area contributed by atoms with Crippen molar-refractivity contribution in [1.82, 2.24) is 9.55 Å². The highest BCUT2D eigenvalue weighted by Crippen LogP contribution is 2.18. The summed E-state index contributed by atoms with van der Waals surface area (Å²) in [5, 5.41) is 3.18. The summed E-state index contributed by atoms with van der Waals surface area (Å²) in [7, 11) is 0. The van der Waals surface area contributed by atoms with E-state index >= 15 is 0 Å². The molecule has 0 fully saturated rings. The van der Waals surface area contributed by atoms with E-state index in [2.05, 4.69) is 10.3 Å². The van der Waals surface area contributed by atoms with Crippen LogP contribution in [0.5, 0.6) is 0 Å². The number of nitrogens with zero attached hydrogens (tertiary/aromatic N) is 2. The van der Waals surface area contributed by atoms with Crippen LogP contribution in [0.2, 0.25) is 0 Å². The van der Waals surface area contributed by atoms with Crippen molar-refractivity contribution in [1.29, 1.82) is 0 Å². The fraction of sp³-hybridized carbons (Fsp3) is 0.120. The maximum Gasteiger partial charge on any atom is 0.265 e. The molecule has 0 aliphatic rings. The number of anilines is 1. The van der Waals surface area contributed by atoms with Crippen LogP contribution >= 0.6 is 0 Å². The first-order valence-corrected chi connectivity index (χ1v) is 9.91. The molecule has 6 heteroatoms. The van der Waals surface area contributed by atoms with Gasteiger partial charge in [0, 0.05) is 18.2 Å². The number of aromatic nitrogens is 2. The van der Waals surface area contributed by atoms with Gasteiger partial charge in [0.1, 0.15) is 5.82 Å². The van der Waals surface area contributed by atoms with Gasteiger partial charge >= 0.3 is 0 Å². The lowest BCUT2D eigenvalue weighted by atomic mass is 10.1. The number of aryl methyl sites for hydroxylation is 1. The molecular weight excluding hydrogens is 390 g/mol. The molecule has 1 aromatic heterocycles. The second-order valence-corrected chi connectivity index (χ2v) is 7.33. The molecule has 1 N–H and O–H groups in total. The van der Waals surface area contributed by atoms with Crippen LogP contribution in [0.25, 0.3) is 16.6 Å². The summed E-state index contributed by atoms with van der Waals surface area (Å²) in [6, 6.07) is 21.3. The zero-order valence-corrected chi connectivity index (χ0v) is 17.3. The number of para-hydroxylation sites is 2. The number of carbonyl (C=O) groups excluding carboxylic acids is 2. The number of hydrogen-bond acceptors (Lipinski definition) is 4. The predicted molar refractivity (Wildman–Crippen MR) is 121 cm³/mol. The number of ketones is 1. The molecule has 0 bridgehead atoms. The molecule has 1 amide bonds. The Balaban J connectivity index is 1.79. The van der Waals surface area contributed by atoms with Crippen molar-refractivity contribution < 1.29 is 9.59 Å². The quantitative estimate of drug-likeness (QED) is 0.502. The molecule has 154 valence electrons. The number of carbonyl (C=O) groups is 2. The van der Waals surface area contributed by atoms with Crippen LogP contribution in [0.1, 0.15) is 28.7 Å². The van der Waals surface area contributed by atoms with E-state index in [9.17, 15) is 14.4 Å². The number of nitrogens with one attached hydrogen (secondary N) is 1. The maximum absolute atomic E-state index is 13.3. The summed E-state index contributed by atoms with van der Waals surface area (Å²) in [4.78, 5) is 42.2. The van der Waals surface area contributed by atoms with E-state index in [1.807, 2.05) is 37.3 Å². The summed E-state index contributed by atoms with van der Waals surface area (Å²) >= 11 is 0. The van der Waals surface area contributed by atoms with Gasteiger partial charge in [-0.3, -0.25) is 19.0 Å². The van der Waals surface area contributed by atoms with Crippen molar-refractivity contribution in [3.05, 3.63) is 100 Å². The van der Waals surface area contributed by atoms with E-state index in [0.717, 1.165) is 5.56 Å². The minimum atomic E-state index is -0.205. The molecule has 0 radical (unpaired) electrons. The predicted octanol–water partition coefficient (Wildman–Crippen LogP) is 4.08. The third-order valence-corrected chi connectivity index (χ3v) is 5.05. The topological polar surface area (TPSA) is 81.1 Å². The Hall–Kier alpha value is -4.06. The summed E-state index contributed by atoms with van der Waals surface area (Å²) in [5.41, 5.74) is 3.06. The number of rotatable bonds is 5. The van der Waals surface area contributed by atoms with Crippen LogP contribution in [-0.2, 0) is 11.2 Å². The van der Waals surface area contributed by atoms with Gasteiger partial charge in [0.05, 0.1) is 23.0 Å². The largest absolute Gasteiger partial charge is 0.326 e. The lowest BCUT2D eigenvalue weighted by molar-refractivity contribution is -0.114. The Labute approximate surface area is 179 Å². The van der Waals surface area contributed by atoms with Gasteiger partial charge in [-0.2, -0.15) is 0 Å². The van der Waals surface area contributed by atoms with Crippen molar-refractivity contribution in [3.8, 4) is 5.69 Å². The van der Waals surface area contributed by atoms with Gasteiger partial charge in [0.2, 0.25) is 5.91 Å². The Bertz CT molecular complexity index is 1350. The van der Waals surface area contributed by atoms with Gasteiger partial charge in [-0.25, -0.2) is 4.98 Å². The summed E-state index contributed by atoms with van der Waals surface area (Å²) < 4.78 is 1.53. The Kier molecular flexibility index (Phi) is 5.45. The van der Waals surface area contributed by atoms with Gasteiger partial charge in [-0.05, 0) is 55.0 Å². The molecule has 1 heterocycles. The van der Waals surface area contributed by atoms with Crippen LogP contribution in [-0.4, -0.2) is 21.2 Å². The summed E-state index contributed by atoms with van der Waals surface area (Å²) in [5.74, 6) is 0.0366. The molecule has 6 nitrogen and oxygen atoms in total. The number of fused-ring (bicyclic) bond motifs is 1. The van der Waals surface area contributed by atoms with E-state index in [1.165, 1.54) is 11.5 Å². The van der Waals surface area contributed by atoms with Gasteiger partial charge in [-0.15, -0.1) is 0 Å². The lowest BCUT2D eigenvalue weighted by Gasteiger charge is -2.15. The SMILES string of the molecule is CC(=O)Nc1ccc(C(=O)Cc2nc3ccccc3c(=O)n2-c2ccccc2C)cc1. The Morgan fingerprint density at radius 2 is 1.61 bits per heavy atom. The molecule has 0 atom stereocenters. The fourth-order valence-electron chi connectivity index (χ4n) is 3.55. The molecule has 0 unspecified atom stereocenters. The Morgan fingerprint density at radius 1 is 0.935 bits per heavy atom. The molecule has 0 saturated carbocycles. The smallest absolute Gasteiger partial charge is 0.265 e. The Morgan fingerprint density at radius 3 is 2.32 bits per heavy atom. The zero-order chi connectivity index (χ0) is 22.0. The highest BCUT2D eigenvalue weighted by molar-refractivity contribution is 5.98. The minimum Gasteiger partial charge on any atom is -0.326 e.